The lowest BCUT2D eigenvalue weighted by atomic mass is 9.55. The van der Waals surface area contributed by atoms with Gasteiger partial charge in [0.25, 0.3) is 0 Å². The van der Waals surface area contributed by atoms with Crippen LogP contribution >= 0.6 is 0 Å². The van der Waals surface area contributed by atoms with Gasteiger partial charge in [-0.25, -0.2) is 0 Å². The minimum Gasteiger partial charge on any atom is -0.466 e. The van der Waals surface area contributed by atoms with Gasteiger partial charge < -0.3 is 9.84 Å². The molecule has 0 bridgehead atoms. The van der Waals surface area contributed by atoms with Gasteiger partial charge in [0.2, 0.25) is 0 Å². The number of ether oxygens (including phenoxy) is 1. The van der Waals surface area contributed by atoms with E-state index in [-0.39, 0.29) is 22.7 Å². The van der Waals surface area contributed by atoms with E-state index in [1.54, 1.807) is 0 Å². The second-order valence-electron chi connectivity index (χ2n) is 8.44. The first-order valence-corrected chi connectivity index (χ1v) is 7.81. The minimum atomic E-state index is -0.967. The van der Waals surface area contributed by atoms with E-state index in [1.165, 1.54) is 0 Å². The summed E-state index contributed by atoms with van der Waals surface area (Å²) in [4.78, 5) is 12.3. The SMILES string of the molecule is CCOC(=O)C(C(C)C)C1(O)CC(C)(C)CC(C)(C)C1. The number of esters is 1. The van der Waals surface area contributed by atoms with Gasteiger partial charge in [0.05, 0.1) is 18.1 Å². The third kappa shape index (κ3) is 3.97. The van der Waals surface area contributed by atoms with Crippen LogP contribution in [0, 0.1) is 22.7 Å². The molecule has 1 aliphatic rings. The van der Waals surface area contributed by atoms with Gasteiger partial charge in [-0.2, -0.15) is 0 Å². The first kappa shape index (κ1) is 17.5. The summed E-state index contributed by atoms with van der Waals surface area (Å²) in [5.74, 6) is -0.622. The molecule has 1 rings (SSSR count). The summed E-state index contributed by atoms with van der Waals surface area (Å²) in [7, 11) is 0. The maximum atomic E-state index is 12.3. The van der Waals surface area contributed by atoms with E-state index in [0.717, 1.165) is 6.42 Å². The van der Waals surface area contributed by atoms with Gasteiger partial charge >= 0.3 is 5.97 Å². The molecule has 0 aromatic carbocycles. The van der Waals surface area contributed by atoms with Crippen LogP contribution in [0.1, 0.15) is 67.7 Å². The average molecular weight is 284 g/mol. The van der Waals surface area contributed by atoms with Crippen LogP contribution in [0.4, 0.5) is 0 Å². The van der Waals surface area contributed by atoms with Gasteiger partial charge in [0.1, 0.15) is 0 Å². The number of hydrogen-bond donors (Lipinski definition) is 1. The molecule has 0 saturated heterocycles. The van der Waals surface area contributed by atoms with Crippen molar-refractivity contribution in [3.05, 3.63) is 0 Å². The van der Waals surface area contributed by atoms with Crippen LogP contribution in [0.5, 0.6) is 0 Å². The Bertz CT molecular complexity index is 339. The Morgan fingerprint density at radius 1 is 1.10 bits per heavy atom. The largest absolute Gasteiger partial charge is 0.466 e. The second kappa shape index (κ2) is 5.67. The predicted molar refractivity (Wildman–Crippen MR) is 81.3 cm³/mol. The fraction of sp³-hybridized carbons (Fsp3) is 0.941. The molecule has 118 valence electrons. The van der Waals surface area contributed by atoms with Crippen molar-refractivity contribution < 1.29 is 14.6 Å². The average Bonchev–Trinajstić information content (AvgIpc) is 2.09. The Balaban J connectivity index is 3.12. The zero-order valence-electron chi connectivity index (χ0n) is 14.2. The van der Waals surface area contributed by atoms with Crippen LogP contribution in [0.25, 0.3) is 0 Å². The van der Waals surface area contributed by atoms with Crippen LogP contribution in [0.15, 0.2) is 0 Å². The number of rotatable bonds is 4. The minimum absolute atomic E-state index is 0.0378. The molecular formula is C17H32O3. The zero-order valence-corrected chi connectivity index (χ0v) is 14.2. The maximum absolute atomic E-state index is 12.3. The maximum Gasteiger partial charge on any atom is 0.312 e. The molecule has 1 aliphatic carbocycles. The quantitative estimate of drug-likeness (QED) is 0.799. The molecule has 1 fully saturated rings. The number of aliphatic hydroxyl groups is 1. The molecule has 20 heavy (non-hydrogen) atoms. The van der Waals surface area contributed by atoms with Crippen LogP contribution < -0.4 is 0 Å². The van der Waals surface area contributed by atoms with E-state index in [4.69, 9.17) is 4.74 Å². The van der Waals surface area contributed by atoms with Crippen LogP contribution in [0.3, 0.4) is 0 Å². The lowest BCUT2D eigenvalue weighted by molar-refractivity contribution is -0.176. The Labute approximate surface area is 124 Å². The molecule has 3 heteroatoms. The molecule has 0 heterocycles. The van der Waals surface area contributed by atoms with Crippen LogP contribution in [-0.4, -0.2) is 23.3 Å². The van der Waals surface area contributed by atoms with E-state index in [9.17, 15) is 9.90 Å². The molecule has 0 spiro atoms. The van der Waals surface area contributed by atoms with Crippen LogP contribution in [-0.2, 0) is 9.53 Å². The lowest BCUT2D eigenvalue weighted by Crippen LogP contribution is -2.54. The van der Waals surface area contributed by atoms with Gasteiger partial charge in [-0.15, -0.1) is 0 Å². The van der Waals surface area contributed by atoms with Crippen LogP contribution in [0.2, 0.25) is 0 Å². The Hall–Kier alpha value is -0.570. The van der Waals surface area contributed by atoms with E-state index >= 15 is 0 Å². The summed E-state index contributed by atoms with van der Waals surface area (Å²) in [6.07, 6.45) is 2.38. The molecule has 1 saturated carbocycles. The smallest absolute Gasteiger partial charge is 0.312 e. The van der Waals surface area contributed by atoms with E-state index in [0.29, 0.717) is 19.4 Å². The Kier molecular flexibility index (Phi) is 4.95. The lowest BCUT2D eigenvalue weighted by Gasteiger charge is -2.52. The summed E-state index contributed by atoms with van der Waals surface area (Å²) in [6, 6.07) is 0. The first-order valence-electron chi connectivity index (χ1n) is 7.81. The zero-order chi connectivity index (χ0) is 15.8. The molecule has 0 amide bonds. The molecule has 0 aromatic rings. The molecule has 1 N–H and O–H groups in total. The van der Waals surface area contributed by atoms with Gasteiger partial charge in [-0.1, -0.05) is 41.5 Å². The number of carbonyl (C=O) groups excluding carboxylic acids is 1. The van der Waals surface area contributed by atoms with Gasteiger partial charge in [0, 0.05) is 0 Å². The molecule has 0 aliphatic heterocycles. The van der Waals surface area contributed by atoms with Gasteiger partial charge in [-0.05, 0) is 42.9 Å². The van der Waals surface area contributed by atoms with Crippen molar-refractivity contribution in [2.75, 3.05) is 6.61 Å². The molecule has 1 atom stereocenters. The fourth-order valence-electron chi connectivity index (χ4n) is 4.70. The summed E-state index contributed by atoms with van der Waals surface area (Å²) in [5.41, 5.74) is -0.891. The number of carbonyl (C=O) groups is 1. The Morgan fingerprint density at radius 2 is 1.55 bits per heavy atom. The highest BCUT2D eigenvalue weighted by atomic mass is 16.5. The molecular weight excluding hydrogens is 252 g/mol. The summed E-state index contributed by atoms with van der Waals surface area (Å²) in [6.45, 7) is 14.9. The highest BCUT2D eigenvalue weighted by Gasteiger charge is 2.53. The molecule has 1 unspecified atom stereocenters. The highest BCUT2D eigenvalue weighted by molar-refractivity contribution is 5.74. The standard InChI is InChI=1S/C17H32O3/c1-8-20-14(18)13(12(2)3)17(19)10-15(4,5)9-16(6,7)11-17/h12-13,19H,8-11H2,1-7H3. The third-order valence-corrected chi connectivity index (χ3v) is 4.31. The molecule has 3 nitrogen and oxygen atoms in total. The predicted octanol–water partition coefficient (Wildman–Crippen LogP) is 3.79. The summed E-state index contributed by atoms with van der Waals surface area (Å²) >= 11 is 0. The third-order valence-electron chi connectivity index (χ3n) is 4.31. The van der Waals surface area contributed by atoms with E-state index in [1.807, 2.05) is 20.8 Å². The molecule has 0 radical (unpaired) electrons. The molecule has 0 aromatic heterocycles. The van der Waals surface area contributed by atoms with E-state index in [2.05, 4.69) is 27.7 Å². The van der Waals surface area contributed by atoms with E-state index < -0.39 is 11.5 Å². The van der Waals surface area contributed by atoms with Gasteiger partial charge in [-0.3, -0.25) is 4.79 Å². The fourth-order valence-corrected chi connectivity index (χ4v) is 4.70. The summed E-state index contributed by atoms with van der Waals surface area (Å²) in [5, 5.41) is 11.3. The van der Waals surface area contributed by atoms with Crippen molar-refractivity contribution in [2.45, 2.75) is 73.3 Å². The highest BCUT2D eigenvalue weighted by Crippen LogP contribution is 2.53. The van der Waals surface area contributed by atoms with Crippen molar-refractivity contribution in [1.82, 2.24) is 0 Å². The number of hydrogen-bond acceptors (Lipinski definition) is 3. The van der Waals surface area contributed by atoms with Crippen molar-refractivity contribution in [2.24, 2.45) is 22.7 Å². The van der Waals surface area contributed by atoms with Gasteiger partial charge in [0.15, 0.2) is 0 Å². The Morgan fingerprint density at radius 3 is 1.90 bits per heavy atom. The monoisotopic (exact) mass is 284 g/mol. The van der Waals surface area contributed by atoms with Crippen molar-refractivity contribution >= 4 is 5.97 Å². The van der Waals surface area contributed by atoms with Crippen molar-refractivity contribution in [1.29, 1.82) is 0 Å². The topological polar surface area (TPSA) is 46.5 Å². The second-order valence-corrected chi connectivity index (χ2v) is 8.44. The first-order chi connectivity index (χ1) is 8.92. The normalized spacial score (nSPS) is 25.2. The van der Waals surface area contributed by atoms with Crippen molar-refractivity contribution in [3.63, 3.8) is 0 Å². The summed E-state index contributed by atoms with van der Waals surface area (Å²) < 4.78 is 5.22. The van der Waals surface area contributed by atoms with Crippen molar-refractivity contribution in [3.8, 4) is 0 Å².